The highest BCUT2D eigenvalue weighted by atomic mass is 32.2. The highest BCUT2D eigenvalue weighted by Crippen LogP contribution is 2.27. The molecule has 1 aromatic heterocycles. The molecule has 1 heterocycles. The fraction of sp³-hybridized carbons (Fsp3) is 0.133. The van der Waals surface area contributed by atoms with Crippen molar-refractivity contribution in [1.82, 2.24) is 4.57 Å². The van der Waals surface area contributed by atoms with Crippen LogP contribution in [0.4, 0.5) is 5.69 Å². The Labute approximate surface area is 132 Å². The zero-order valence-corrected chi connectivity index (χ0v) is 13.3. The molecule has 0 aliphatic heterocycles. The van der Waals surface area contributed by atoms with Crippen molar-refractivity contribution in [3.8, 4) is 5.75 Å². The van der Waals surface area contributed by atoms with Crippen LogP contribution in [0.5, 0.6) is 5.75 Å². The Balaban J connectivity index is 2.04. The molecule has 3 rings (SSSR count). The summed E-state index contributed by atoms with van der Waals surface area (Å²) in [4.78, 5) is 11.5. The van der Waals surface area contributed by atoms with Gasteiger partial charge in [-0.15, -0.1) is 0 Å². The molecule has 0 atom stereocenters. The number of aromatic nitrogens is 1. The normalized spacial score (nSPS) is 11.6. The van der Waals surface area contributed by atoms with E-state index in [9.17, 15) is 13.2 Å². The zero-order valence-electron chi connectivity index (χ0n) is 12.4. The van der Waals surface area contributed by atoms with Gasteiger partial charge in [-0.25, -0.2) is 13.2 Å². The Hall–Kier alpha value is -2.74. The van der Waals surface area contributed by atoms with Crippen LogP contribution in [0.2, 0.25) is 0 Å². The summed E-state index contributed by atoms with van der Waals surface area (Å²) in [6.45, 7) is 0. The van der Waals surface area contributed by atoms with Gasteiger partial charge in [-0.05, 0) is 24.3 Å². The minimum atomic E-state index is -3.84. The van der Waals surface area contributed by atoms with Crippen molar-refractivity contribution in [2.75, 3.05) is 11.8 Å². The minimum Gasteiger partial charge on any atom is -0.495 e. The van der Waals surface area contributed by atoms with E-state index in [0.29, 0.717) is 17.0 Å². The number of methoxy groups -OCH3 is 1. The largest absolute Gasteiger partial charge is 0.495 e. The molecule has 0 aliphatic rings. The van der Waals surface area contributed by atoms with Crippen molar-refractivity contribution >= 4 is 26.8 Å². The summed E-state index contributed by atoms with van der Waals surface area (Å²) in [6.07, 6.45) is 0. The van der Waals surface area contributed by atoms with Gasteiger partial charge >= 0.3 is 5.76 Å². The first kappa shape index (κ1) is 15.2. The predicted octanol–water partition coefficient (Wildman–Crippen LogP) is 1.94. The molecular formula is C15H14N2O5S. The molecule has 8 heteroatoms. The first-order valence-electron chi connectivity index (χ1n) is 6.68. The van der Waals surface area contributed by atoms with Crippen molar-refractivity contribution in [3.05, 3.63) is 53.0 Å². The summed E-state index contributed by atoms with van der Waals surface area (Å²) in [7, 11) is -0.835. The molecular weight excluding hydrogens is 320 g/mol. The lowest BCUT2D eigenvalue weighted by molar-refractivity contribution is 0.417. The monoisotopic (exact) mass is 334 g/mol. The lowest BCUT2D eigenvalue weighted by atomic mass is 10.3. The van der Waals surface area contributed by atoms with Crippen LogP contribution in [0, 0.1) is 0 Å². The number of nitrogens with one attached hydrogen (secondary N) is 1. The zero-order chi connectivity index (χ0) is 16.6. The van der Waals surface area contributed by atoms with Crippen molar-refractivity contribution in [3.63, 3.8) is 0 Å². The Bertz CT molecular complexity index is 1030. The lowest BCUT2D eigenvalue weighted by Gasteiger charge is -2.11. The van der Waals surface area contributed by atoms with Crippen LogP contribution in [-0.2, 0) is 17.1 Å². The number of benzene rings is 2. The number of fused-ring (bicyclic) bond motifs is 1. The van der Waals surface area contributed by atoms with Gasteiger partial charge in [-0.2, -0.15) is 0 Å². The molecule has 23 heavy (non-hydrogen) atoms. The number of para-hydroxylation sites is 2. The van der Waals surface area contributed by atoms with Gasteiger partial charge < -0.3 is 9.15 Å². The molecule has 0 radical (unpaired) electrons. The highest BCUT2D eigenvalue weighted by molar-refractivity contribution is 7.92. The topological polar surface area (TPSA) is 90.5 Å². The van der Waals surface area contributed by atoms with Gasteiger partial charge in [0, 0.05) is 13.1 Å². The van der Waals surface area contributed by atoms with Crippen LogP contribution in [0.3, 0.4) is 0 Å². The number of oxazole rings is 1. The van der Waals surface area contributed by atoms with E-state index in [0.717, 1.165) is 0 Å². The summed E-state index contributed by atoms with van der Waals surface area (Å²) in [5, 5.41) is 0. The summed E-state index contributed by atoms with van der Waals surface area (Å²) in [6, 6.07) is 10.9. The molecule has 0 amide bonds. The first-order chi connectivity index (χ1) is 10.9. The maximum atomic E-state index is 12.5. The van der Waals surface area contributed by atoms with Crippen molar-refractivity contribution < 1.29 is 17.6 Å². The van der Waals surface area contributed by atoms with Gasteiger partial charge in [0.2, 0.25) is 0 Å². The maximum absolute atomic E-state index is 12.5. The molecule has 3 aromatic rings. The van der Waals surface area contributed by atoms with Crippen LogP contribution in [0.25, 0.3) is 11.1 Å². The standard InChI is InChI=1S/C15H14N2O5S/c1-17-12-8-7-10(9-14(12)22-15(17)18)23(19,20)16-11-5-3-4-6-13(11)21-2/h3-9,16H,1-2H3. The van der Waals surface area contributed by atoms with Gasteiger partial charge in [-0.1, -0.05) is 12.1 Å². The molecule has 0 spiro atoms. The predicted molar refractivity (Wildman–Crippen MR) is 85.3 cm³/mol. The van der Waals surface area contributed by atoms with Gasteiger partial charge in [0.05, 0.1) is 23.2 Å². The fourth-order valence-corrected chi connectivity index (χ4v) is 3.30. The quantitative estimate of drug-likeness (QED) is 0.787. The number of nitrogens with zero attached hydrogens (tertiary/aromatic N) is 1. The number of hydrogen-bond acceptors (Lipinski definition) is 5. The smallest absolute Gasteiger partial charge is 0.419 e. The van der Waals surface area contributed by atoms with Crippen molar-refractivity contribution in [1.29, 1.82) is 0 Å². The van der Waals surface area contributed by atoms with Crippen LogP contribution in [0.1, 0.15) is 0 Å². The van der Waals surface area contributed by atoms with E-state index in [1.165, 1.54) is 29.9 Å². The Morgan fingerprint density at radius 3 is 2.65 bits per heavy atom. The SMILES string of the molecule is COc1ccccc1NS(=O)(=O)c1ccc2c(c1)oc(=O)n2C. The average molecular weight is 334 g/mol. The number of hydrogen-bond donors (Lipinski definition) is 1. The first-order valence-corrected chi connectivity index (χ1v) is 8.16. The fourth-order valence-electron chi connectivity index (χ4n) is 2.21. The number of sulfonamides is 1. The van der Waals surface area contributed by atoms with Crippen LogP contribution < -0.4 is 15.2 Å². The molecule has 0 unspecified atom stereocenters. The Morgan fingerprint density at radius 1 is 1.17 bits per heavy atom. The summed E-state index contributed by atoms with van der Waals surface area (Å²) >= 11 is 0. The molecule has 0 bridgehead atoms. The molecule has 0 fully saturated rings. The lowest BCUT2D eigenvalue weighted by Crippen LogP contribution is -2.13. The van der Waals surface area contributed by atoms with Crippen LogP contribution in [0.15, 0.2) is 56.6 Å². The van der Waals surface area contributed by atoms with Crippen molar-refractivity contribution in [2.24, 2.45) is 7.05 Å². The van der Waals surface area contributed by atoms with E-state index in [1.807, 2.05) is 0 Å². The van der Waals surface area contributed by atoms with E-state index in [-0.39, 0.29) is 10.5 Å². The molecule has 7 nitrogen and oxygen atoms in total. The molecule has 0 aliphatic carbocycles. The summed E-state index contributed by atoms with van der Waals surface area (Å²) in [5.74, 6) is -0.143. The third kappa shape index (κ3) is 2.68. The average Bonchev–Trinajstić information content (AvgIpc) is 2.82. The summed E-state index contributed by atoms with van der Waals surface area (Å²) < 4.78 is 38.9. The number of aryl methyl sites for hydroxylation is 1. The second-order valence-electron chi connectivity index (χ2n) is 4.86. The van der Waals surface area contributed by atoms with Gasteiger partial charge in [0.15, 0.2) is 5.58 Å². The Morgan fingerprint density at radius 2 is 1.91 bits per heavy atom. The van der Waals surface area contributed by atoms with E-state index >= 15 is 0 Å². The minimum absolute atomic E-state index is 0.00902. The van der Waals surface area contributed by atoms with E-state index in [2.05, 4.69) is 4.72 Å². The third-order valence-electron chi connectivity index (χ3n) is 3.43. The molecule has 120 valence electrons. The van der Waals surface area contributed by atoms with Crippen molar-refractivity contribution in [2.45, 2.75) is 4.90 Å². The molecule has 0 saturated heterocycles. The second-order valence-corrected chi connectivity index (χ2v) is 6.54. The maximum Gasteiger partial charge on any atom is 0.419 e. The van der Waals surface area contributed by atoms with E-state index in [1.54, 1.807) is 31.3 Å². The number of rotatable bonds is 4. The van der Waals surface area contributed by atoms with E-state index in [4.69, 9.17) is 9.15 Å². The van der Waals surface area contributed by atoms with Crippen LogP contribution in [-0.4, -0.2) is 20.1 Å². The number of ether oxygens (including phenoxy) is 1. The molecule has 2 aromatic carbocycles. The third-order valence-corrected chi connectivity index (χ3v) is 4.79. The highest BCUT2D eigenvalue weighted by Gasteiger charge is 2.18. The molecule has 0 saturated carbocycles. The van der Waals surface area contributed by atoms with Crippen LogP contribution >= 0.6 is 0 Å². The molecule has 1 N–H and O–H groups in total. The number of anilines is 1. The second kappa shape index (κ2) is 5.47. The van der Waals surface area contributed by atoms with Gasteiger partial charge in [0.25, 0.3) is 10.0 Å². The van der Waals surface area contributed by atoms with Gasteiger partial charge in [0.1, 0.15) is 5.75 Å². The summed E-state index contributed by atoms with van der Waals surface area (Å²) in [5.41, 5.74) is 1.05. The van der Waals surface area contributed by atoms with E-state index < -0.39 is 15.8 Å². The Kier molecular flexibility index (Phi) is 3.61. The van der Waals surface area contributed by atoms with Gasteiger partial charge in [-0.3, -0.25) is 9.29 Å².